The summed E-state index contributed by atoms with van der Waals surface area (Å²) in [5.41, 5.74) is 6.59. The predicted octanol–water partition coefficient (Wildman–Crippen LogP) is 3.33. The third kappa shape index (κ3) is 3.58. The first-order valence-electron chi connectivity index (χ1n) is 10.2. The van der Waals surface area contributed by atoms with Crippen LogP contribution in [0.25, 0.3) is 5.65 Å². The summed E-state index contributed by atoms with van der Waals surface area (Å²) in [6.07, 6.45) is 0.720. The minimum atomic E-state index is -0.785. The number of pyridine rings is 1. The first kappa shape index (κ1) is 20.8. The number of nitrogens with one attached hydrogen (secondary N) is 1. The summed E-state index contributed by atoms with van der Waals surface area (Å²) in [7, 11) is 3.31. The SMILES string of the molecule is COCCO[C@@H]1c2c(COC)cn3c(C)c(C)nc3c2N[C@H](c2ccccc2)[C@H]1O. The summed E-state index contributed by atoms with van der Waals surface area (Å²) in [6, 6.07) is 9.61. The van der Waals surface area contributed by atoms with E-state index in [-0.39, 0.29) is 6.04 Å². The molecule has 0 aliphatic carbocycles. The molecule has 0 amide bonds. The Kier molecular flexibility index (Phi) is 6.06. The first-order chi connectivity index (χ1) is 14.6. The number of hydrogen-bond acceptors (Lipinski definition) is 6. The maximum Gasteiger partial charge on any atom is 0.161 e. The van der Waals surface area contributed by atoms with Crippen molar-refractivity contribution in [3.8, 4) is 0 Å². The van der Waals surface area contributed by atoms with Gasteiger partial charge in [-0.2, -0.15) is 0 Å². The van der Waals surface area contributed by atoms with Crippen LogP contribution in [0.3, 0.4) is 0 Å². The average molecular weight is 412 g/mol. The summed E-state index contributed by atoms with van der Waals surface area (Å²) in [6.45, 7) is 5.29. The molecule has 0 bridgehead atoms. The van der Waals surface area contributed by atoms with Crippen LogP contribution in [0.1, 0.15) is 40.2 Å². The number of aryl methyl sites for hydroxylation is 2. The zero-order valence-electron chi connectivity index (χ0n) is 17.9. The Labute approximate surface area is 176 Å². The van der Waals surface area contributed by atoms with Crippen LogP contribution in [-0.2, 0) is 20.8 Å². The van der Waals surface area contributed by atoms with Gasteiger partial charge in [0.15, 0.2) is 5.65 Å². The highest BCUT2D eigenvalue weighted by atomic mass is 16.5. The summed E-state index contributed by atoms with van der Waals surface area (Å²) in [5, 5.41) is 14.9. The Balaban J connectivity index is 1.91. The van der Waals surface area contributed by atoms with E-state index in [0.717, 1.165) is 39.4 Å². The lowest BCUT2D eigenvalue weighted by atomic mass is 9.86. The van der Waals surface area contributed by atoms with E-state index in [1.807, 2.05) is 43.5 Å². The second kappa shape index (κ2) is 8.73. The maximum atomic E-state index is 11.4. The lowest BCUT2D eigenvalue weighted by molar-refractivity contribution is -0.0642. The highest BCUT2D eigenvalue weighted by molar-refractivity contribution is 5.77. The van der Waals surface area contributed by atoms with Crippen LogP contribution in [0.2, 0.25) is 0 Å². The summed E-state index contributed by atoms with van der Waals surface area (Å²) in [4.78, 5) is 4.81. The number of nitrogens with zero attached hydrogens (tertiary/aromatic N) is 2. The lowest BCUT2D eigenvalue weighted by Gasteiger charge is -2.39. The molecule has 7 heteroatoms. The van der Waals surface area contributed by atoms with Crippen molar-refractivity contribution in [2.45, 2.75) is 38.7 Å². The van der Waals surface area contributed by atoms with Gasteiger partial charge in [-0.25, -0.2) is 4.98 Å². The van der Waals surface area contributed by atoms with Crippen LogP contribution in [-0.4, -0.2) is 48.0 Å². The molecule has 3 aromatic rings. The molecule has 3 atom stereocenters. The van der Waals surface area contributed by atoms with Crippen molar-refractivity contribution >= 4 is 11.3 Å². The van der Waals surface area contributed by atoms with Gasteiger partial charge in [0.05, 0.1) is 37.2 Å². The largest absolute Gasteiger partial charge is 0.388 e. The van der Waals surface area contributed by atoms with Crippen LogP contribution < -0.4 is 5.32 Å². The van der Waals surface area contributed by atoms with Crippen LogP contribution in [0, 0.1) is 13.8 Å². The topological polar surface area (TPSA) is 77.2 Å². The fourth-order valence-electron chi connectivity index (χ4n) is 4.17. The number of anilines is 1. The molecule has 1 aromatic carbocycles. The molecular formula is C23H29N3O4. The molecular weight excluding hydrogens is 382 g/mol. The molecule has 3 heterocycles. The highest BCUT2D eigenvalue weighted by Gasteiger charge is 2.40. The summed E-state index contributed by atoms with van der Waals surface area (Å²) in [5.74, 6) is 0. The van der Waals surface area contributed by atoms with E-state index in [1.54, 1.807) is 14.2 Å². The third-order valence-corrected chi connectivity index (χ3v) is 5.79. The van der Waals surface area contributed by atoms with Crippen LogP contribution in [0.15, 0.2) is 36.5 Å². The van der Waals surface area contributed by atoms with Crippen molar-refractivity contribution in [3.05, 3.63) is 64.6 Å². The number of imidazole rings is 1. The standard InChI is InChI=1S/C23H29N3O4/c1-14-15(2)26-12-17(13-29-4)18-20(23(26)24-14)25-19(16-8-6-5-7-9-16)21(27)22(18)30-11-10-28-3/h5-9,12,19,21-22,25,27H,10-11,13H2,1-4H3/t19-,21-,22-/m1/s1. The molecule has 1 aliphatic rings. The maximum absolute atomic E-state index is 11.4. The Morgan fingerprint density at radius 1 is 1.10 bits per heavy atom. The van der Waals surface area contributed by atoms with Crippen LogP contribution in [0.5, 0.6) is 0 Å². The Morgan fingerprint density at radius 2 is 1.87 bits per heavy atom. The molecule has 1 aliphatic heterocycles. The number of ether oxygens (including phenoxy) is 3. The van der Waals surface area contributed by atoms with Gasteiger partial charge in [-0.3, -0.25) is 0 Å². The number of rotatable bonds is 7. The second-order valence-corrected chi connectivity index (χ2v) is 7.66. The van der Waals surface area contributed by atoms with Crippen molar-refractivity contribution in [3.63, 3.8) is 0 Å². The van der Waals surface area contributed by atoms with Gasteiger partial charge in [0, 0.05) is 37.2 Å². The molecule has 2 aromatic heterocycles. The Morgan fingerprint density at radius 3 is 2.57 bits per heavy atom. The van der Waals surface area contributed by atoms with Crippen LogP contribution >= 0.6 is 0 Å². The molecule has 0 fully saturated rings. The molecule has 30 heavy (non-hydrogen) atoms. The zero-order chi connectivity index (χ0) is 21.3. The van der Waals surface area contributed by atoms with E-state index < -0.39 is 12.2 Å². The molecule has 160 valence electrons. The van der Waals surface area contributed by atoms with E-state index >= 15 is 0 Å². The van der Waals surface area contributed by atoms with E-state index in [9.17, 15) is 5.11 Å². The summed E-state index contributed by atoms with van der Waals surface area (Å²) < 4.78 is 18.9. The second-order valence-electron chi connectivity index (χ2n) is 7.66. The molecule has 2 N–H and O–H groups in total. The molecule has 0 unspecified atom stereocenters. The monoisotopic (exact) mass is 411 g/mol. The van der Waals surface area contributed by atoms with Gasteiger partial charge in [-0.15, -0.1) is 0 Å². The molecule has 4 rings (SSSR count). The van der Waals surface area contributed by atoms with Crippen molar-refractivity contribution in [2.75, 3.05) is 32.8 Å². The van der Waals surface area contributed by atoms with Crippen molar-refractivity contribution in [2.24, 2.45) is 0 Å². The van der Waals surface area contributed by atoms with E-state index in [4.69, 9.17) is 19.2 Å². The van der Waals surface area contributed by atoms with Gasteiger partial charge in [-0.1, -0.05) is 30.3 Å². The quantitative estimate of drug-likeness (QED) is 0.581. The van der Waals surface area contributed by atoms with E-state index in [2.05, 4.69) is 16.6 Å². The summed E-state index contributed by atoms with van der Waals surface area (Å²) >= 11 is 0. The molecule has 0 spiro atoms. The number of hydrogen-bond donors (Lipinski definition) is 2. The van der Waals surface area contributed by atoms with Crippen molar-refractivity contribution in [1.29, 1.82) is 0 Å². The number of methoxy groups -OCH3 is 2. The Bertz CT molecular complexity index is 1020. The number of aliphatic hydroxyl groups excluding tert-OH is 1. The van der Waals surface area contributed by atoms with Gasteiger partial charge in [0.25, 0.3) is 0 Å². The fraction of sp³-hybridized carbons (Fsp3) is 0.435. The minimum Gasteiger partial charge on any atom is -0.388 e. The van der Waals surface area contributed by atoms with Crippen LogP contribution in [0.4, 0.5) is 5.69 Å². The number of benzene rings is 1. The molecule has 0 saturated heterocycles. The number of fused-ring (bicyclic) bond motifs is 3. The first-order valence-corrected chi connectivity index (χ1v) is 10.2. The predicted molar refractivity (Wildman–Crippen MR) is 115 cm³/mol. The van der Waals surface area contributed by atoms with Crippen molar-refractivity contribution < 1.29 is 19.3 Å². The lowest BCUT2D eigenvalue weighted by Crippen LogP contribution is -2.38. The molecule has 0 radical (unpaired) electrons. The number of aliphatic hydroxyl groups is 1. The fourth-order valence-corrected chi connectivity index (χ4v) is 4.17. The van der Waals surface area contributed by atoms with Gasteiger partial charge < -0.3 is 29.0 Å². The van der Waals surface area contributed by atoms with Crippen molar-refractivity contribution in [1.82, 2.24) is 9.38 Å². The normalized spacial score (nSPS) is 20.9. The zero-order valence-corrected chi connectivity index (χ0v) is 17.9. The highest BCUT2D eigenvalue weighted by Crippen LogP contribution is 2.45. The van der Waals surface area contributed by atoms with Gasteiger partial charge in [-0.05, 0) is 19.4 Å². The average Bonchev–Trinajstić information content (AvgIpc) is 3.04. The molecule has 0 saturated carbocycles. The number of aromatic nitrogens is 2. The smallest absolute Gasteiger partial charge is 0.161 e. The Hall–Kier alpha value is -2.45. The van der Waals surface area contributed by atoms with Gasteiger partial charge in [0.2, 0.25) is 0 Å². The van der Waals surface area contributed by atoms with Gasteiger partial charge >= 0.3 is 0 Å². The van der Waals surface area contributed by atoms with E-state index in [0.29, 0.717) is 19.8 Å². The molecule has 7 nitrogen and oxygen atoms in total. The van der Waals surface area contributed by atoms with E-state index in [1.165, 1.54) is 0 Å². The van der Waals surface area contributed by atoms with Gasteiger partial charge in [0.1, 0.15) is 12.2 Å². The third-order valence-electron chi connectivity index (χ3n) is 5.79. The minimum absolute atomic E-state index is 0.329.